The summed E-state index contributed by atoms with van der Waals surface area (Å²) < 4.78 is 0. The predicted octanol–water partition coefficient (Wildman–Crippen LogP) is 0.544. The third-order valence-electron chi connectivity index (χ3n) is 4.11. The summed E-state index contributed by atoms with van der Waals surface area (Å²) in [5.41, 5.74) is 5.38. The Kier molecular flexibility index (Phi) is 3.82. The van der Waals surface area contributed by atoms with Crippen LogP contribution in [0, 0.1) is 5.92 Å². The molecule has 1 aliphatic carbocycles. The van der Waals surface area contributed by atoms with Gasteiger partial charge in [0.25, 0.3) is 5.91 Å². The minimum absolute atomic E-state index is 0.220. The molecule has 0 aromatic carbocycles. The van der Waals surface area contributed by atoms with Crippen molar-refractivity contribution in [2.24, 2.45) is 11.7 Å². The first kappa shape index (κ1) is 13.3. The molecule has 1 saturated heterocycles. The maximum Gasteiger partial charge on any atom is 0.269 e. The quantitative estimate of drug-likeness (QED) is 0.819. The van der Waals surface area contributed by atoms with Gasteiger partial charge in [0, 0.05) is 19.1 Å². The first-order valence-corrected chi connectivity index (χ1v) is 7.34. The normalized spacial score (nSPS) is 20.1. The molecule has 0 radical (unpaired) electrons. The van der Waals surface area contributed by atoms with E-state index in [0.29, 0.717) is 0 Å². The molecule has 3 N–H and O–H groups in total. The van der Waals surface area contributed by atoms with Crippen LogP contribution in [0.5, 0.6) is 0 Å². The molecule has 0 spiro atoms. The van der Waals surface area contributed by atoms with Gasteiger partial charge in [0.05, 0.1) is 0 Å². The molecule has 2 heterocycles. The van der Waals surface area contributed by atoms with E-state index >= 15 is 0 Å². The van der Waals surface area contributed by atoms with Gasteiger partial charge < -0.3 is 16.0 Å². The van der Waals surface area contributed by atoms with Gasteiger partial charge in [-0.05, 0) is 50.3 Å². The van der Waals surface area contributed by atoms with Gasteiger partial charge in [0.2, 0.25) is 0 Å². The molecule has 108 valence electrons. The fourth-order valence-corrected chi connectivity index (χ4v) is 2.61. The minimum Gasteiger partial charge on any atom is -0.364 e. The lowest BCUT2D eigenvalue weighted by molar-refractivity contribution is 0.0994. The Morgan fingerprint density at radius 2 is 2.00 bits per heavy atom. The molecular weight excluding hydrogens is 254 g/mol. The number of nitrogens with zero attached hydrogens (tertiary/aromatic N) is 3. The Morgan fingerprint density at radius 3 is 2.55 bits per heavy atom. The first-order chi connectivity index (χ1) is 9.72. The summed E-state index contributed by atoms with van der Waals surface area (Å²) in [4.78, 5) is 13.2. The molecule has 1 aromatic heterocycles. The third-order valence-corrected chi connectivity index (χ3v) is 4.11. The van der Waals surface area contributed by atoms with Gasteiger partial charge in [-0.25, -0.2) is 0 Å². The highest BCUT2D eigenvalue weighted by Crippen LogP contribution is 2.23. The van der Waals surface area contributed by atoms with E-state index in [1.165, 1.54) is 25.7 Å². The lowest BCUT2D eigenvalue weighted by atomic mass is 9.97. The third kappa shape index (κ3) is 3.25. The molecule has 1 saturated carbocycles. The smallest absolute Gasteiger partial charge is 0.269 e. The largest absolute Gasteiger partial charge is 0.364 e. The van der Waals surface area contributed by atoms with Crippen molar-refractivity contribution in [3.63, 3.8) is 0 Å². The molecule has 1 aliphatic heterocycles. The van der Waals surface area contributed by atoms with E-state index < -0.39 is 5.91 Å². The van der Waals surface area contributed by atoms with Gasteiger partial charge >= 0.3 is 0 Å². The molecule has 0 bridgehead atoms. The monoisotopic (exact) mass is 275 g/mol. The second-order valence-corrected chi connectivity index (χ2v) is 5.75. The first-order valence-electron chi connectivity index (χ1n) is 7.34. The molecule has 1 aromatic rings. The van der Waals surface area contributed by atoms with Crippen molar-refractivity contribution in [2.45, 2.75) is 31.7 Å². The molecule has 6 nitrogen and oxygen atoms in total. The van der Waals surface area contributed by atoms with Gasteiger partial charge in [-0.1, -0.05) is 0 Å². The van der Waals surface area contributed by atoms with Crippen LogP contribution >= 0.6 is 0 Å². The predicted molar refractivity (Wildman–Crippen MR) is 76.5 cm³/mol. The van der Waals surface area contributed by atoms with Crippen molar-refractivity contribution in [3.05, 3.63) is 17.8 Å². The molecule has 2 fully saturated rings. The van der Waals surface area contributed by atoms with E-state index in [9.17, 15) is 4.79 Å². The summed E-state index contributed by atoms with van der Waals surface area (Å²) in [6.07, 6.45) is 5.05. The van der Waals surface area contributed by atoms with Gasteiger partial charge in [-0.2, -0.15) is 0 Å². The van der Waals surface area contributed by atoms with Crippen molar-refractivity contribution >= 4 is 11.7 Å². The van der Waals surface area contributed by atoms with E-state index in [1.54, 1.807) is 6.07 Å². The highest BCUT2D eigenvalue weighted by atomic mass is 16.1. The standard InChI is InChI=1S/C14H21N5O/c15-14(20)12-3-4-13(18-17-12)19-7-5-10(6-8-19)9-16-11-1-2-11/h3-4,10-11,16H,1-2,5-9H2,(H2,15,20). The summed E-state index contributed by atoms with van der Waals surface area (Å²) >= 11 is 0. The number of nitrogens with one attached hydrogen (secondary N) is 1. The van der Waals surface area contributed by atoms with Crippen LogP contribution < -0.4 is 16.0 Å². The number of carbonyl (C=O) groups excluding carboxylic acids is 1. The zero-order chi connectivity index (χ0) is 13.9. The van der Waals surface area contributed by atoms with Gasteiger partial charge in [-0.3, -0.25) is 4.79 Å². The molecule has 1 amide bonds. The summed E-state index contributed by atoms with van der Waals surface area (Å²) in [6.45, 7) is 3.15. The molecule has 2 aliphatic rings. The summed E-state index contributed by atoms with van der Waals surface area (Å²) in [6, 6.07) is 4.27. The van der Waals surface area contributed by atoms with E-state index in [0.717, 1.165) is 37.4 Å². The number of piperidine rings is 1. The number of anilines is 1. The second-order valence-electron chi connectivity index (χ2n) is 5.75. The van der Waals surface area contributed by atoms with E-state index in [2.05, 4.69) is 20.4 Å². The average Bonchev–Trinajstić information content (AvgIpc) is 3.30. The maximum absolute atomic E-state index is 11.0. The Morgan fingerprint density at radius 1 is 1.25 bits per heavy atom. The zero-order valence-corrected chi connectivity index (χ0v) is 11.6. The van der Waals surface area contributed by atoms with Crippen molar-refractivity contribution in [1.29, 1.82) is 0 Å². The Hall–Kier alpha value is -1.69. The SMILES string of the molecule is NC(=O)c1ccc(N2CCC(CNC3CC3)CC2)nn1. The van der Waals surface area contributed by atoms with E-state index in [4.69, 9.17) is 5.73 Å². The van der Waals surface area contributed by atoms with Crippen molar-refractivity contribution in [1.82, 2.24) is 15.5 Å². The summed E-state index contributed by atoms with van der Waals surface area (Å²) in [5.74, 6) is 1.07. The molecule has 6 heteroatoms. The van der Waals surface area contributed by atoms with Gasteiger partial charge in [-0.15, -0.1) is 10.2 Å². The number of hydrogen-bond acceptors (Lipinski definition) is 5. The van der Waals surface area contributed by atoms with Crippen LogP contribution in [0.3, 0.4) is 0 Å². The maximum atomic E-state index is 11.0. The van der Waals surface area contributed by atoms with E-state index in [1.807, 2.05) is 6.07 Å². The van der Waals surface area contributed by atoms with Crippen LogP contribution in [0.25, 0.3) is 0 Å². The number of nitrogens with two attached hydrogens (primary N) is 1. The molecule has 0 unspecified atom stereocenters. The Bertz CT molecular complexity index is 463. The number of amides is 1. The fourth-order valence-electron chi connectivity index (χ4n) is 2.61. The number of primary amides is 1. The Labute approximate surface area is 118 Å². The van der Waals surface area contributed by atoms with Crippen LogP contribution in [0.2, 0.25) is 0 Å². The molecule has 20 heavy (non-hydrogen) atoms. The fraction of sp³-hybridized carbons (Fsp3) is 0.643. The van der Waals surface area contributed by atoms with Crippen LogP contribution in [-0.4, -0.2) is 41.8 Å². The number of rotatable bonds is 5. The summed E-state index contributed by atoms with van der Waals surface area (Å²) in [5, 5.41) is 11.6. The second kappa shape index (κ2) is 5.75. The number of carbonyl (C=O) groups is 1. The highest BCUT2D eigenvalue weighted by molar-refractivity contribution is 5.90. The zero-order valence-electron chi connectivity index (χ0n) is 11.6. The van der Waals surface area contributed by atoms with E-state index in [-0.39, 0.29) is 5.69 Å². The lowest BCUT2D eigenvalue weighted by Crippen LogP contribution is -2.38. The minimum atomic E-state index is -0.533. The topological polar surface area (TPSA) is 84.1 Å². The van der Waals surface area contributed by atoms with Crippen molar-refractivity contribution in [2.75, 3.05) is 24.5 Å². The van der Waals surface area contributed by atoms with Crippen molar-refractivity contribution in [3.8, 4) is 0 Å². The van der Waals surface area contributed by atoms with Crippen LogP contribution in [-0.2, 0) is 0 Å². The average molecular weight is 275 g/mol. The molecular formula is C14H21N5O. The van der Waals surface area contributed by atoms with Crippen molar-refractivity contribution < 1.29 is 4.79 Å². The van der Waals surface area contributed by atoms with Crippen LogP contribution in [0.4, 0.5) is 5.82 Å². The molecule has 3 rings (SSSR count). The lowest BCUT2D eigenvalue weighted by Gasteiger charge is -2.32. The highest BCUT2D eigenvalue weighted by Gasteiger charge is 2.24. The molecule has 0 atom stereocenters. The van der Waals surface area contributed by atoms with Crippen LogP contribution in [0.1, 0.15) is 36.2 Å². The van der Waals surface area contributed by atoms with Gasteiger partial charge in [0.15, 0.2) is 11.5 Å². The number of aromatic nitrogens is 2. The van der Waals surface area contributed by atoms with Gasteiger partial charge in [0.1, 0.15) is 0 Å². The number of hydrogen-bond donors (Lipinski definition) is 2. The summed E-state index contributed by atoms with van der Waals surface area (Å²) in [7, 11) is 0. The van der Waals surface area contributed by atoms with Crippen LogP contribution in [0.15, 0.2) is 12.1 Å². The Balaban J connectivity index is 1.50.